The lowest BCUT2D eigenvalue weighted by Gasteiger charge is -2.35. The van der Waals surface area contributed by atoms with Crippen LogP contribution >= 0.6 is 0 Å². The van der Waals surface area contributed by atoms with Crippen molar-refractivity contribution < 1.29 is 4.79 Å². The minimum atomic E-state index is 0.0468. The van der Waals surface area contributed by atoms with Gasteiger partial charge in [0.05, 0.1) is 12.2 Å². The summed E-state index contributed by atoms with van der Waals surface area (Å²) >= 11 is 0. The molecule has 3 heteroatoms. The van der Waals surface area contributed by atoms with Gasteiger partial charge in [-0.3, -0.25) is 10.1 Å². The topological polar surface area (TPSA) is 32.3 Å². The summed E-state index contributed by atoms with van der Waals surface area (Å²) in [4.78, 5) is 15.0. The Morgan fingerprint density at radius 1 is 1.14 bits per heavy atom. The zero-order valence-electron chi connectivity index (χ0n) is 15.0. The largest absolute Gasteiger partial charge is 0.323 e. The van der Waals surface area contributed by atoms with Crippen LogP contribution in [0, 0.1) is 11.8 Å². The van der Waals surface area contributed by atoms with Gasteiger partial charge in [0.2, 0.25) is 5.91 Å². The third-order valence-electron chi connectivity index (χ3n) is 4.99. The van der Waals surface area contributed by atoms with E-state index in [1.54, 1.807) is 0 Å². The highest BCUT2D eigenvalue weighted by Crippen LogP contribution is 2.28. The minimum absolute atomic E-state index is 0.0468. The zero-order chi connectivity index (χ0) is 16.0. The SMILES string of the molecule is CCCCC1NC(CC(C)C)N(C(C)C(CC)CC)C1=O. The lowest BCUT2D eigenvalue weighted by molar-refractivity contribution is -0.133. The van der Waals surface area contributed by atoms with Gasteiger partial charge in [-0.15, -0.1) is 0 Å². The first kappa shape index (κ1) is 18.5. The molecule has 3 nitrogen and oxygen atoms in total. The van der Waals surface area contributed by atoms with Crippen molar-refractivity contribution in [1.29, 1.82) is 0 Å². The average molecular weight is 296 g/mol. The van der Waals surface area contributed by atoms with Gasteiger partial charge in [0.15, 0.2) is 0 Å². The summed E-state index contributed by atoms with van der Waals surface area (Å²) in [6.45, 7) is 13.4. The van der Waals surface area contributed by atoms with E-state index in [1.165, 1.54) is 0 Å². The fourth-order valence-corrected chi connectivity index (χ4v) is 3.64. The van der Waals surface area contributed by atoms with Crippen molar-refractivity contribution in [2.24, 2.45) is 11.8 Å². The maximum absolute atomic E-state index is 12.8. The summed E-state index contributed by atoms with van der Waals surface area (Å²) in [5.41, 5.74) is 0. The molecular formula is C18H36N2O. The molecule has 1 saturated heterocycles. The van der Waals surface area contributed by atoms with Crippen LogP contribution in [0.5, 0.6) is 0 Å². The van der Waals surface area contributed by atoms with Crippen LogP contribution in [-0.4, -0.2) is 29.1 Å². The summed E-state index contributed by atoms with van der Waals surface area (Å²) in [6.07, 6.45) is 6.85. The van der Waals surface area contributed by atoms with Crippen molar-refractivity contribution in [2.75, 3.05) is 0 Å². The molecule has 21 heavy (non-hydrogen) atoms. The predicted octanol–water partition coefficient (Wildman–Crippen LogP) is 4.17. The summed E-state index contributed by atoms with van der Waals surface area (Å²) in [6, 6.07) is 0.390. The highest BCUT2D eigenvalue weighted by Gasteiger charge is 2.42. The van der Waals surface area contributed by atoms with Gasteiger partial charge in [0.1, 0.15) is 0 Å². The Balaban J connectivity index is 2.85. The van der Waals surface area contributed by atoms with Crippen LogP contribution < -0.4 is 5.32 Å². The molecule has 1 amide bonds. The van der Waals surface area contributed by atoms with Crippen molar-refractivity contribution in [3.05, 3.63) is 0 Å². The van der Waals surface area contributed by atoms with E-state index in [0.717, 1.165) is 38.5 Å². The number of unbranched alkanes of at least 4 members (excludes halogenated alkanes) is 1. The van der Waals surface area contributed by atoms with E-state index in [4.69, 9.17) is 0 Å². The molecule has 1 aliphatic heterocycles. The molecule has 0 saturated carbocycles. The molecular weight excluding hydrogens is 260 g/mol. The van der Waals surface area contributed by atoms with Crippen LogP contribution in [0.3, 0.4) is 0 Å². The van der Waals surface area contributed by atoms with Gasteiger partial charge in [0, 0.05) is 6.04 Å². The molecule has 0 bridgehead atoms. The molecule has 124 valence electrons. The first-order valence-corrected chi connectivity index (χ1v) is 9.04. The maximum atomic E-state index is 12.8. The van der Waals surface area contributed by atoms with E-state index >= 15 is 0 Å². The molecule has 1 heterocycles. The van der Waals surface area contributed by atoms with Gasteiger partial charge in [-0.1, -0.05) is 60.3 Å². The van der Waals surface area contributed by atoms with Crippen LogP contribution in [0.2, 0.25) is 0 Å². The number of carbonyl (C=O) groups excluding carboxylic acids is 1. The Kier molecular flexibility index (Phi) is 7.72. The highest BCUT2D eigenvalue weighted by atomic mass is 16.2. The maximum Gasteiger partial charge on any atom is 0.241 e. The monoisotopic (exact) mass is 296 g/mol. The number of carbonyl (C=O) groups is 1. The number of nitrogens with one attached hydrogen (secondary N) is 1. The van der Waals surface area contributed by atoms with Crippen LogP contribution in [0.15, 0.2) is 0 Å². The van der Waals surface area contributed by atoms with E-state index in [-0.39, 0.29) is 12.2 Å². The van der Waals surface area contributed by atoms with Crippen molar-refractivity contribution >= 4 is 5.91 Å². The summed E-state index contributed by atoms with van der Waals surface area (Å²) in [5, 5.41) is 3.62. The van der Waals surface area contributed by atoms with Gasteiger partial charge in [-0.25, -0.2) is 0 Å². The minimum Gasteiger partial charge on any atom is -0.323 e. The molecule has 0 aromatic rings. The lowest BCUT2D eigenvalue weighted by atomic mass is 9.93. The number of rotatable bonds is 9. The van der Waals surface area contributed by atoms with Crippen LogP contribution in [0.25, 0.3) is 0 Å². The molecule has 0 aliphatic carbocycles. The van der Waals surface area contributed by atoms with E-state index in [2.05, 4.69) is 51.8 Å². The Hall–Kier alpha value is -0.570. The second-order valence-electron chi connectivity index (χ2n) is 7.07. The Morgan fingerprint density at radius 3 is 2.24 bits per heavy atom. The highest BCUT2D eigenvalue weighted by molar-refractivity contribution is 5.84. The molecule has 1 rings (SSSR count). The Morgan fingerprint density at radius 2 is 1.76 bits per heavy atom. The van der Waals surface area contributed by atoms with Crippen molar-refractivity contribution in [3.8, 4) is 0 Å². The summed E-state index contributed by atoms with van der Waals surface area (Å²) in [5.74, 6) is 1.56. The number of nitrogens with zero attached hydrogens (tertiary/aromatic N) is 1. The molecule has 1 aliphatic rings. The first-order valence-electron chi connectivity index (χ1n) is 9.04. The number of amides is 1. The quantitative estimate of drug-likeness (QED) is 0.692. The fraction of sp³-hybridized carbons (Fsp3) is 0.944. The van der Waals surface area contributed by atoms with Gasteiger partial charge in [-0.05, 0) is 31.6 Å². The summed E-state index contributed by atoms with van der Waals surface area (Å²) < 4.78 is 0. The van der Waals surface area contributed by atoms with Crippen molar-refractivity contribution in [1.82, 2.24) is 10.2 Å². The third-order valence-corrected chi connectivity index (χ3v) is 4.99. The lowest BCUT2D eigenvalue weighted by Crippen LogP contribution is -2.47. The average Bonchev–Trinajstić information content (AvgIpc) is 2.73. The molecule has 0 radical (unpaired) electrons. The Bertz CT molecular complexity index is 312. The summed E-state index contributed by atoms with van der Waals surface area (Å²) in [7, 11) is 0. The normalized spacial score (nSPS) is 24.4. The Labute approximate surface area is 131 Å². The van der Waals surface area contributed by atoms with Crippen LogP contribution in [-0.2, 0) is 4.79 Å². The van der Waals surface area contributed by atoms with Crippen molar-refractivity contribution in [2.45, 2.75) is 98.3 Å². The zero-order valence-corrected chi connectivity index (χ0v) is 15.0. The second-order valence-corrected chi connectivity index (χ2v) is 7.07. The molecule has 0 aromatic heterocycles. The number of hydrogen-bond acceptors (Lipinski definition) is 2. The van der Waals surface area contributed by atoms with E-state index < -0.39 is 0 Å². The first-order chi connectivity index (χ1) is 9.96. The predicted molar refractivity (Wildman–Crippen MR) is 90.1 cm³/mol. The smallest absolute Gasteiger partial charge is 0.241 e. The van der Waals surface area contributed by atoms with Crippen molar-refractivity contribution in [3.63, 3.8) is 0 Å². The van der Waals surface area contributed by atoms with Gasteiger partial charge < -0.3 is 4.90 Å². The fourth-order valence-electron chi connectivity index (χ4n) is 3.64. The molecule has 0 spiro atoms. The van der Waals surface area contributed by atoms with Crippen LogP contribution in [0.1, 0.15) is 80.1 Å². The van der Waals surface area contributed by atoms with Crippen LogP contribution in [0.4, 0.5) is 0 Å². The van der Waals surface area contributed by atoms with Gasteiger partial charge >= 0.3 is 0 Å². The van der Waals surface area contributed by atoms with E-state index in [0.29, 0.717) is 23.8 Å². The molecule has 3 unspecified atom stereocenters. The number of hydrogen-bond donors (Lipinski definition) is 1. The van der Waals surface area contributed by atoms with Gasteiger partial charge in [-0.2, -0.15) is 0 Å². The molecule has 1 fully saturated rings. The standard InChI is InChI=1S/C18H36N2O/c1-7-10-11-16-18(21)20(14(6)15(8-2)9-3)17(19-16)12-13(4)5/h13-17,19H,7-12H2,1-6H3. The van der Waals surface area contributed by atoms with E-state index in [1.807, 2.05) is 0 Å². The second kappa shape index (κ2) is 8.77. The molecule has 3 atom stereocenters. The van der Waals surface area contributed by atoms with E-state index in [9.17, 15) is 4.79 Å². The molecule has 1 N–H and O–H groups in total. The third kappa shape index (κ3) is 4.70. The van der Waals surface area contributed by atoms with Gasteiger partial charge in [0.25, 0.3) is 0 Å². The molecule has 0 aromatic carbocycles.